The van der Waals surface area contributed by atoms with Gasteiger partial charge in [-0.1, -0.05) is 0 Å². The Kier molecular flexibility index (Phi) is 6.74. The lowest BCUT2D eigenvalue weighted by Gasteiger charge is -2.34. The lowest BCUT2D eigenvalue weighted by atomic mass is 10.1. The standard InChI is InChI=1S/C21H32N4O8/c1-22-6-13(28)3-16(22)19(31)24-8-15(30)5-18(24)21(33)25-9-14(29)4-17(25)20(32)23-7-12(27)2-11(23)10-26/h10-18,27-30H,2-9H2,1H3. The van der Waals surface area contributed by atoms with Gasteiger partial charge < -0.3 is 39.9 Å². The van der Waals surface area contributed by atoms with Crippen LogP contribution in [0.4, 0.5) is 0 Å². The Hall–Kier alpha value is -2.12. The molecular formula is C21H32N4O8. The van der Waals surface area contributed by atoms with Crippen LogP contribution in [0.1, 0.15) is 25.7 Å². The van der Waals surface area contributed by atoms with Gasteiger partial charge in [-0.3, -0.25) is 19.3 Å². The van der Waals surface area contributed by atoms with Crippen molar-refractivity contribution in [2.45, 2.75) is 74.3 Å². The molecule has 8 unspecified atom stereocenters. The Morgan fingerprint density at radius 3 is 1.52 bits per heavy atom. The van der Waals surface area contributed by atoms with Crippen molar-refractivity contribution in [1.82, 2.24) is 19.6 Å². The number of aliphatic hydroxyl groups is 4. The molecular weight excluding hydrogens is 436 g/mol. The normalized spacial score (nSPS) is 39.5. The van der Waals surface area contributed by atoms with Gasteiger partial charge >= 0.3 is 0 Å². The van der Waals surface area contributed by atoms with Gasteiger partial charge in [0.15, 0.2) is 0 Å². The number of β-amino-alcohol motifs (C(OH)–C–C–N with tert-alkyl or cyclic N) is 4. The summed E-state index contributed by atoms with van der Waals surface area (Å²) in [5.74, 6) is -1.43. The maximum Gasteiger partial charge on any atom is 0.246 e. The molecule has 4 rings (SSSR count). The molecule has 4 aliphatic heterocycles. The van der Waals surface area contributed by atoms with E-state index in [-0.39, 0.29) is 51.2 Å². The minimum Gasteiger partial charge on any atom is -0.392 e. The number of carbonyl (C=O) groups excluding carboxylic acids is 4. The second kappa shape index (κ2) is 9.26. The zero-order valence-electron chi connectivity index (χ0n) is 18.6. The van der Waals surface area contributed by atoms with E-state index in [0.717, 1.165) is 0 Å². The van der Waals surface area contributed by atoms with Gasteiger partial charge in [0.1, 0.15) is 18.4 Å². The molecule has 0 radical (unpaired) electrons. The van der Waals surface area contributed by atoms with Crippen molar-refractivity contribution in [2.75, 3.05) is 33.2 Å². The van der Waals surface area contributed by atoms with Gasteiger partial charge in [-0.25, -0.2) is 0 Å². The number of amides is 3. The average Bonchev–Trinajstić information content (AvgIpc) is 3.52. The molecule has 12 nitrogen and oxygen atoms in total. The number of aliphatic hydroxyl groups excluding tert-OH is 4. The second-order valence-electron chi connectivity index (χ2n) is 9.72. The summed E-state index contributed by atoms with van der Waals surface area (Å²) in [4.78, 5) is 56.8. The first-order valence-electron chi connectivity index (χ1n) is 11.4. The summed E-state index contributed by atoms with van der Waals surface area (Å²) < 4.78 is 0. The number of hydrogen-bond donors (Lipinski definition) is 4. The van der Waals surface area contributed by atoms with E-state index in [1.54, 1.807) is 11.9 Å². The molecule has 33 heavy (non-hydrogen) atoms. The predicted molar refractivity (Wildman–Crippen MR) is 111 cm³/mol. The van der Waals surface area contributed by atoms with Crippen LogP contribution in [0.5, 0.6) is 0 Å². The SMILES string of the molecule is CN1CC(O)CC1C(=O)N1CC(O)CC1C(=O)N1CC(O)CC1C(=O)N1CC(O)CC1C=O. The molecule has 12 heteroatoms. The molecule has 0 aromatic rings. The molecule has 0 bridgehead atoms. The van der Waals surface area contributed by atoms with Crippen LogP contribution >= 0.6 is 0 Å². The van der Waals surface area contributed by atoms with E-state index < -0.39 is 60.4 Å². The van der Waals surface area contributed by atoms with Gasteiger partial charge in [-0.05, 0) is 13.5 Å². The van der Waals surface area contributed by atoms with Gasteiger partial charge in [0.05, 0.1) is 36.5 Å². The van der Waals surface area contributed by atoms with E-state index >= 15 is 0 Å². The van der Waals surface area contributed by atoms with Crippen molar-refractivity contribution in [1.29, 1.82) is 0 Å². The lowest BCUT2D eigenvalue weighted by Crippen LogP contribution is -2.56. The van der Waals surface area contributed by atoms with Crippen molar-refractivity contribution in [2.24, 2.45) is 0 Å². The molecule has 4 aliphatic rings. The van der Waals surface area contributed by atoms with Crippen molar-refractivity contribution in [3.8, 4) is 0 Å². The topological polar surface area (TPSA) is 162 Å². The third-order valence-electron chi connectivity index (χ3n) is 7.27. The number of hydrogen-bond acceptors (Lipinski definition) is 9. The number of likely N-dealkylation sites (N-methyl/N-ethyl adjacent to an activating group) is 1. The third kappa shape index (κ3) is 4.50. The van der Waals surface area contributed by atoms with Crippen LogP contribution in [-0.4, -0.2) is 146 Å². The van der Waals surface area contributed by atoms with Gasteiger partial charge in [0.25, 0.3) is 0 Å². The maximum atomic E-state index is 13.5. The van der Waals surface area contributed by atoms with Crippen LogP contribution < -0.4 is 0 Å². The fraction of sp³-hybridized carbons (Fsp3) is 0.810. The lowest BCUT2D eigenvalue weighted by molar-refractivity contribution is -0.150. The molecule has 4 N–H and O–H groups in total. The number of nitrogens with zero attached hydrogens (tertiary/aromatic N) is 4. The molecule has 4 heterocycles. The number of aldehydes is 1. The van der Waals surface area contributed by atoms with Gasteiger partial charge in [-0.2, -0.15) is 0 Å². The van der Waals surface area contributed by atoms with Crippen LogP contribution in [0.3, 0.4) is 0 Å². The van der Waals surface area contributed by atoms with Crippen molar-refractivity contribution in [3.05, 3.63) is 0 Å². The van der Waals surface area contributed by atoms with Gasteiger partial charge in [0, 0.05) is 45.4 Å². The Labute approximate surface area is 191 Å². The predicted octanol–water partition coefficient (Wildman–Crippen LogP) is -3.86. The number of rotatable bonds is 4. The number of carbonyl (C=O) groups is 4. The van der Waals surface area contributed by atoms with E-state index in [9.17, 15) is 39.6 Å². The summed E-state index contributed by atoms with van der Waals surface area (Å²) in [6.07, 6.45) is -2.40. The molecule has 0 aromatic heterocycles. The highest BCUT2D eigenvalue weighted by Gasteiger charge is 2.50. The molecule has 0 aliphatic carbocycles. The third-order valence-corrected chi connectivity index (χ3v) is 7.27. The van der Waals surface area contributed by atoms with Crippen LogP contribution in [0.2, 0.25) is 0 Å². The Bertz CT molecular complexity index is 811. The van der Waals surface area contributed by atoms with E-state index in [2.05, 4.69) is 0 Å². The summed E-state index contributed by atoms with van der Waals surface area (Å²) in [5, 5.41) is 40.3. The molecule has 4 saturated heterocycles. The summed E-state index contributed by atoms with van der Waals surface area (Å²) in [7, 11) is 1.71. The smallest absolute Gasteiger partial charge is 0.246 e. The van der Waals surface area contributed by atoms with Crippen molar-refractivity contribution in [3.63, 3.8) is 0 Å². The summed E-state index contributed by atoms with van der Waals surface area (Å²) in [6, 6.07) is -3.42. The Morgan fingerprint density at radius 2 is 1.03 bits per heavy atom. The molecule has 8 atom stereocenters. The summed E-state index contributed by atoms with van der Waals surface area (Å²) >= 11 is 0. The quantitative estimate of drug-likeness (QED) is 0.303. The minimum absolute atomic E-state index is 0.0104. The van der Waals surface area contributed by atoms with Crippen molar-refractivity contribution < 1.29 is 39.6 Å². The molecule has 0 aromatic carbocycles. The number of likely N-dealkylation sites (tertiary alicyclic amines) is 4. The maximum absolute atomic E-state index is 13.5. The average molecular weight is 469 g/mol. The molecule has 0 saturated carbocycles. The van der Waals surface area contributed by atoms with Crippen LogP contribution in [0, 0.1) is 0 Å². The fourth-order valence-corrected chi connectivity index (χ4v) is 5.64. The summed E-state index contributed by atoms with van der Waals surface area (Å²) in [6.45, 7) is 0.171. The van der Waals surface area contributed by atoms with E-state index in [1.807, 2.05) is 0 Å². The first-order valence-corrected chi connectivity index (χ1v) is 11.4. The van der Waals surface area contributed by atoms with E-state index in [0.29, 0.717) is 12.8 Å². The second-order valence-corrected chi connectivity index (χ2v) is 9.72. The van der Waals surface area contributed by atoms with E-state index in [1.165, 1.54) is 14.7 Å². The zero-order valence-corrected chi connectivity index (χ0v) is 18.6. The van der Waals surface area contributed by atoms with E-state index in [4.69, 9.17) is 0 Å². The first kappa shape index (κ1) is 24.0. The monoisotopic (exact) mass is 468 g/mol. The minimum atomic E-state index is -1.02. The van der Waals surface area contributed by atoms with Crippen molar-refractivity contribution >= 4 is 24.0 Å². The zero-order chi connectivity index (χ0) is 24.0. The van der Waals surface area contributed by atoms with Crippen LogP contribution in [0.15, 0.2) is 0 Å². The fourth-order valence-electron chi connectivity index (χ4n) is 5.64. The largest absolute Gasteiger partial charge is 0.392 e. The molecule has 0 spiro atoms. The highest BCUT2D eigenvalue weighted by molar-refractivity contribution is 5.95. The molecule has 3 amide bonds. The molecule has 184 valence electrons. The molecule has 4 fully saturated rings. The Balaban J connectivity index is 1.52. The highest BCUT2D eigenvalue weighted by Crippen LogP contribution is 2.30. The van der Waals surface area contributed by atoms with Gasteiger partial charge in [-0.15, -0.1) is 0 Å². The van der Waals surface area contributed by atoms with Crippen LogP contribution in [0.25, 0.3) is 0 Å². The van der Waals surface area contributed by atoms with Gasteiger partial charge in [0.2, 0.25) is 17.7 Å². The summed E-state index contributed by atoms with van der Waals surface area (Å²) in [5.41, 5.74) is 0. The van der Waals surface area contributed by atoms with Crippen LogP contribution in [-0.2, 0) is 19.2 Å². The highest BCUT2D eigenvalue weighted by atomic mass is 16.3. The first-order chi connectivity index (χ1) is 15.6. The Morgan fingerprint density at radius 1 is 0.636 bits per heavy atom.